The molecule has 1 saturated carbocycles. The molecule has 0 spiro atoms. The van der Waals surface area contributed by atoms with Gasteiger partial charge in [0.15, 0.2) is 0 Å². The Bertz CT molecular complexity index is 225. The lowest BCUT2D eigenvalue weighted by molar-refractivity contribution is 0.274. The highest BCUT2D eigenvalue weighted by atomic mass is 14.5. The summed E-state index contributed by atoms with van der Waals surface area (Å²) in [5.74, 6) is 4.00. The van der Waals surface area contributed by atoms with Gasteiger partial charge in [0.25, 0.3) is 0 Å². The number of allylic oxidation sites excluding steroid dienone is 4. The number of fused-ring (bicyclic) bond motifs is 5. The van der Waals surface area contributed by atoms with Gasteiger partial charge in [0, 0.05) is 0 Å². The van der Waals surface area contributed by atoms with Crippen molar-refractivity contribution < 1.29 is 0 Å². The molecule has 4 unspecified atom stereocenters. The third kappa shape index (κ3) is 1.19. The maximum Gasteiger partial charge on any atom is -0.0196 e. The molecule has 0 amide bonds. The van der Waals surface area contributed by atoms with Crippen LogP contribution in [-0.2, 0) is 0 Å². The molecule has 3 aliphatic carbocycles. The summed E-state index contributed by atoms with van der Waals surface area (Å²) in [6.45, 7) is 0. The van der Waals surface area contributed by atoms with Gasteiger partial charge in [-0.3, -0.25) is 0 Å². The Kier molecular flexibility index (Phi) is 1.81. The smallest absolute Gasteiger partial charge is 0.0196 e. The molecule has 3 rings (SSSR count). The third-order valence-corrected chi connectivity index (χ3v) is 4.30. The van der Waals surface area contributed by atoms with Crippen LogP contribution in [0.25, 0.3) is 0 Å². The molecule has 0 nitrogen and oxygen atoms in total. The molecule has 0 aliphatic heterocycles. The molecule has 0 aromatic rings. The van der Waals surface area contributed by atoms with Gasteiger partial charge >= 0.3 is 0 Å². The first kappa shape index (κ1) is 7.84. The average molecular weight is 174 g/mol. The van der Waals surface area contributed by atoms with Crippen LogP contribution in [0.2, 0.25) is 0 Å². The minimum atomic E-state index is 0.960. The van der Waals surface area contributed by atoms with E-state index in [0.29, 0.717) is 0 Å². The fourth-order valence-corrected chi connectivity index (χ4v) is 3.70. The summed E-state index contributed by atoms with van der Waals surface area (Å²) in [6, 6.07) is 0. The summed E-state index contributed by atoms with van der Waals surface area (Å²) >= 11 is 0. The largest absolute Gasteiger partial charge is 0.0885 e. The van der Waals surface area contributed by atoms with Crippen molar-refractivity contribution in [2.24, 2.45) is 23.7 Å². The third-order valence-electron chi connectivity index (χ3n) is 4.30. The van der Waals surface area contributed by atoms with Gasteiger partial charge in [-0.2, -0.15) is 0 Å². The van der Waals surface area contributed by atoms with E-state index in [2.05, 4.69) is 24.3 Å². The normalized spacial score (nSPS) is 49.8. The molecular weight excluding hydrogens is 156 g/mol. The highest BCUT2D eigenvalue weighted by Gasteiger charge is 2.43. The van der Waals surface area contributed by atoms with E-state index in [9.17, 15) is 0 Å². The molecule has 4 atom stereocenters. The highest BCUT2D eigenvalue weighted by Crippen LogP contribution is 2.51. The van der Waals surface area contributed by atoms with Crippen molar-refractivity contribution in [1.82, 2.24) is 0 Å². The summed E-state index contributed by atoms with van der Waals surface area (Å²) in [7, 11) is 0. The van der Waals surface area contributed by atoms with Crippen molar-refractivity contribution in [3.63, 3.8) is 0 Å². The van der Waals surface area contributed by atoms with Crippen LogP contribution in [0.1, 0.15) is 32.1 Å². The van der Waals surface area contributed by atoms with Gasteiger partial charge in [-0.25, -0.2) is 0 Å². The quantitative estimate of drug-likeness (QED) is 0.493. The molecule has 0 heteroatoms. The van der Waals surface area contributed by atoms with Crippen molar-refractivity contribution in [2.75, 3.05) is 0 Å². The van der Waals surface area contributed by atoms with Gasteiger partial charge in [-0.1, -0.05) is 24.3 Å². The van der Waals surface area contributed by atoms with Crippen LogP contribution in [0, 0.1) is 23.7 Å². The molecule has 0 aromatic heterocycles. The lowest BCUT2D eigenvalue weighted by Gasteiger charge is -2.28. The van der Waals surface area contributed by atoms with Crippen LogP contribution in [0.4, 0.5) is 0 Å². The van der Waals surface area contributed by atoms with E-state index < -0.39 is 0 Å². The summed E-state index contributed by atoms with van der Waals surface area (Å²) in [4.78, 5) is 0. The molecule has 0 saturated heterocycles. The van der Waals surface area contributed by atoms with Crippen molar-refractivity contribution in [1.29, 1.82) is 0 Å². The van der Waals surface area contributed by atoms with E-state index in [1.54, 1.807) is 0 Å². The molecule has 13 heavy (non-hydrogen) atoms. The first-order valence-electron chi connectivity index (χ1n) is 5.78. The van der Waals surface area contributed by atoms with Gasteiger partial charge in [0.05, 0.1) is 0 Å². The van der Waals surface area contributed by atoms with Gasteiger partial charge < -0.3 is 0 Å². The Morgan fingerprint density at radius 1 is 0.769 bits per heavy atom. The molecule has 70 valence electrons. The maximum absolute atomic E-state index is 2.50. The second kappa shape index (κ2) is 3.01. The van der Waals surface area contributed by atoms with Crippen LogP contribution >= 0.6 is 0 Å². The fourth-order valence-electron chi connectivity index (χ4n) is 3.70. The van der Waals surface area contributed by atoms with Gasteiger partial charge in [-0.15, -0.1) is 0 Å². The van der Waals surface area contributed by atoms with E-state index in [1.165, 1.54) is 32.1 Å². The molecule has 0 aromatic carbocycles. The van der Waals surface area contributed by atoms with Crippen LogP contribution in [0.5, 0.6) is 0 Å². The standard InChI is InChI=1S/C13H18/c1-2-4-6-13-11-8-7-10(9-11)12(13)5-3-1/h1-2,7-8,10-13H,3-6,9H2/b2-1+. The van der Waals surface area contributed by atoms with E-state index in [0.717, 1.165) is 23.7 Å². The van der Waals surface area contributed by atoms with Crippen molar-refractivity contribution in [3.8, 4) is 0 Å². The lowest BCUT2D eigenvalue weighted by Crippen LogP contribution is -2.20. The van der Waals surface area contributed by atoms with E-state index in [4.69, 9.17) is 0 Å². The van der Waals surface area contributed by atoms with Crippen LogP contribution in [0.15, 0.2) is 24.3 Å². The number of hydrogen-bond donors (Lipinski definition) is 0. The van der Waals surface area contributed by atoms with Gasteiger partial charge in [0.2, 0.25) is 0 Å². The molecule has 2 bridgehead atoms. The minimum absolute atomic E-state index is 0.960. The molecule has 0 heterocycles. The zero-order valence-electron chi connectivity index (χ0n) is 8.15. The van der Waals surface area contributed by atoms with Crippen LogP contribution in [0.3, 0.4) is 0 Å². The molecule has 1 fully saturated rings. The van der Waals surface area contributed by atoms with Crippen LogP contribution in [-0.4, -0.2) is 0 Å². The molecule has 0 radical (unpaired) electrons. The number of hydrogen-bond acceptors (Lipinski definition) is 0. The van der Waals surface area contributed by atoms with Gasteiger partial charge in [-0.05, 0) is 55.8 Å². The topological polar surface area (TPSA) is 0 Å². The summed E-state index contributed by atoms with van der Waals surface area (Å²) in [6.07, 6.45) is 16.8. The first-order chi connectivity index (χ1) is 6.45. The lowest BCUT2D eigenvalue weighted by atomic mass is 9.77. The SMILES string of the molecule is C1=CC2CC1C1CC/C=C/CCC21. The second-order valence-corrected chi connectivity index (χ2v) is 4.90. The Morgan fingerprint density at radius 3 is 1.85 bits per heavy atom. The molecular formula is C13H18. The summed E-state index contributed by atoms with van der Waals surface area (Å²) in [5, 5.41) is 0. The van der Waals surface area contributed by atoms with E-state index >= 15 is 0 Å². The Labute approximate surface area is 80.7 Å². The van der Waals surface area contributed by atoms with Crippen LogP contribution < -0.4 is 0 Å². The predicted octanol–water partition coefficient (Wildman–Crippen LogP) is 3.55. The first-order valence-corrected chi connectivity index (χ1v) is 5.78. The highest BCUT2D eigenvalue weighted by molar-refractivity contribution is 5.14. The zero-order valence-corrected chi connectivity index (χ0v) is 8.15. The van der Waals surface area contributed by atoms with E-state index in [-0.39, 0.29) is 0 Å². The average Bonchev–Trinajstić information content (AvgIpc) is 2.62. The Hall–Kier alpha value is -0.520. The zero-order chi connectivity index (χ0) is 8.67. The summed E-state index contributed by atoms with van der Waals surface area (Å²) < 4.78 is 0. The Morgan fingerprint density at radius 2 is 1.31 bits per heavy atom. The minimum Gasteiger partial charge on any atom is -0.0885 e. The maximum atomic E-state index is 2.50. The van der Waals surface area contributed by atoms with Gasteiger partial charge in [0.1, 0.15) is 0 Å². The fraction of sp³-hybridized carbons (Fsp3) is 0.692. The number of rotatable bonds is 0. The Balaban J connectivity index is 1.83. The molecule has 3 aliphatic rings. The molecule has 0 N–H and O–H groups in total. The monoisotopic (exact) mass is 174 g/mol. The van der Waals surface area contributed by atoms with Crippen molar-refractivity contribution in [2.45, 2.75) is 32.1 Å². The van der Waals surface area contributed by atoms with Crippen molar-refractivity contribution in [3.05, 3.63) is 24.3 Å². The van der Waals surface area contributed by atoms with Crippen molar-refractivity contribution >= 4 is 0 Å². The second-order valence-electron chi connectivity index (χ2n) is 4.90. The predicted molar refractivity (Wildman–Crippen MR) is 55.3 cm³/mol. The van der Waals surface area contributed by atoms with E-state index in [1.807, 2.05) is 0 Å². The summed E-state index contributed by atoms with van der Waals surface area (Å²) in [5.41, 5.74) is 0.